The lowest BCUT2D eigenvalue weighted by Gasteiger charge is -2.18. The molecule has 23 heavy (non-hydrogen) atoms. The Morgan fingerprint density at radius 1 is 1.26 bits per heavy atom. The number of hydrogen-bond donors (Lipinski definition) is 2. The Labute approximate surface area is 140 Å². The molecule has 1 aromatic rings. The lowest BCUT2D eigenvalue weighted by Crippen LogP contribution is -2.31. The van der Waals surface area contributed by atoms with Crippen molar-refractivity contribution in [2.75, 3.05) is 13.1 Å². The summed E-state index contributed by atoms with van der Waals surface area (Å²) in [7, 11) is 0. The van der Waals surface area contributed by atoms with E-state index in [0.717, 1.165) is 38.9 Å². The molecule has 1 aliphatic carbocycles. The Balaban J connectivity index is 1.82. The Bertz CT molecular complexity index is 499. The van der Waals surface area contributed by atoms with Crippen LogP contribution in [0.2, 0.25) is 0 Å². The highest BCUT2D eigenvalue weighted by atomic mass is 16.1. The lowest BCUT2D eigenvalue weighted by molar-refractivity contribution is -0.122. The molecule has 1 aliphatic rings. The first-order valence-corrected chi connectivity index (χ1v) is 8.94. The van der Waals surface area contributed by atoms with Gasteiger partial charge < -0.3 is 11.1 Å². The monoisotopic (exact) mass is 317 g/mol. The van der Waals surface area contributed by atoms with E-state index < -0.39 is 0 Å². The summed E-state index contributed by atoms with van der Waals surface area (Å²) in [5.74, 6) is 0.491. The minimum absolute atomic E-state index is 0.126. The molecule has 0 unspecified atom stereocenters. The number of rotatable bonds is 8. The molecule has 2 rings (SSSR count). The van der Waals surface area contributed by atoms with E-state index >= 15 is 0 Å². The second-order valence-electron chi connectivity index (χ2n) is 6.62. The van der Waals surface area contributed by atoms with Crippen LogP contribution in [0.3, 0.4) is 0 Å². The van der Waals surface area contributed by atoms with Crippen molar-refractivity contribution >= 4 is 5.91 Å². The highest BCUT2D eigenvalue weighted by Crippen LogP contribution is 2.26. The van der Waals surface area contributed by atoms with Gasteiger partial charge in [-0.1, -0.05) is 44.5 Å². The first-order valence-electron chi connectivity index (χ1n) is 8.94. The van der Waals surface area contributed by atoms with E-state index in [1.54, 1.807) is 0 Å². The summed E-state index contributed by atoms with van der Waals surface area (Å²) in [6.07, 6.45) is 3.88. The maximum Gasteiger partial charge on any atom is 0.220 e. The number of nitrogens with two attached hydrogens (primary N) is 1. The third-order valence-corrected chi connectivity index (χ3v) is 4.95. The van der Waals surface area contributed by atoms with Gasteiger partial charge in [-0.15, -0.1) is 0 Å². The van der Waals surface area contributed by atoms with Crippen molar-refractivity contribution in [3.05, 3.63) is 35.4 Å². The Morgan fingerprint density at radius 2 is 2.00 bits per heavy atom. The zero-order chi connectivity index (χ0) is 16.7. The summed E-state index contributed by atoms with van der Waals surface area (Å²) in [6.45, 7) is 8.04. The predicted molar refractivity (Wildman–Crippen MR) is 94.8 cm³/mol. The van der Waals surface area contributed by atoms with Crippen molar-refractivity contribution in [2.45, 2.75) is 58.7 Å². The molecule has 1 fully saturated rings. The molecule has 0 heterocycles. The summed E-state index contributed by atoms with van der Waals surface area (Å²) in [6, 6.07) is 8.71. The van der Waals surface area contributed by atoms with Gasteiger partial charge in [-0.25, -0.2) is 0 Å². The van der Waals surface area contributed by atoms with Crippen molar-refractivity contribution < 1.29 is 4.79 Å². The molecule has 1 aromatic carbocycles. The zero-order valence-electron chi connectivity index (χ0n) is 14.6. The average molecular weight is 317 g/mol. The quantitative estimate of drug-likeness (QED) is 0.775. The molecule has 0 spiro atoms. The van der Waals surface area contributed by atoms with Crippen molar-refractivity contribution in [1.82, 2.24) is 10.2 Å². The minimum atomic E-state index is 0.126. The standard InChI is InChI=1S/C19H31N3O/c1-3-22(4-2)14-16-8-5-7-15(11-16)13-21-19(23)12-17-9-6-10-18(17)20/h5,7-8,11,17-18H,3-4,6,9-10,12-14,20H2,1-2H3,(H,21,23)/t17-,18+/m0/s1. The SMILES string of the molecule is CCN(CC)Cc1cccc(CNC(=O)C[C@@H]2CCC[C@H]2N)c1. The van der Waals surface area contributed by atoms with Crippen molar-refractivity contribution in [2.24, 2.45) is 11.7 Å². The van der Waals surface area contributed by atoms with E-state index in [1.807, 2.05) is 0 Å². The molecule has 4 nitrogen and oxygen atoms in total. The smallest absolute Gasteiger partial charge is 0.220 e. The summed E-state index contributed by atoms with van der Waals surface area (Å²) in [4.78, 5) is 14.5. The summed E-state index contributed by atoms with van der Waals surface area (Å²) in [5, 5.41) is 3.05. The molecular formula is C19H31N3O. The van der Waals surface area contributed by atoms with Gasteiger partial charge in [0.25, 0.3) is 0 Å². The summed E-state index contributed by atoms with van der Waals surface area (Å²) >= 11 is 0. The Morgan fingerprint density at radius 3 is 2.65 bits per heavy atom. The van der Waals surface area contributed by atoms with Crippen LogP contribution in [0.4, 0.5) is 0 Å². The van der Waals surface area contributed by atoms with Gasteiger partial charge in [-0.2, -0.15) is 0 Å². The fourth-order valence-electron chi connectivity index (χ4n) is 3.37. The molecule has 0 radical (unpaired) electrons. The van der Waals surface area contributed by atoms with Gasteiger partial charge in [0.1, 0.15) is 0 Å². The number of nitrogens with zero attached hydrogens (tertiary/aromatic N) is 1. The molecule has 0 aliphatic heterocycles. The van der Waals surface area contributed by atoms with Crippen LogP contribution in [0.1, 0.15) is 50.7 Å². The van der Waals surface area contributed by atoms with Gasteiger partial charge in [0, 0.05) is 25.6 Å². The van der Waals surface area contributed by atoms with Crippen LogP contribution in [-0.2, 0) is 17.9 Å². The Kier molecular flexibility index (Phi) is 7.06. The van der Waals surface area contributed by atoms with E-state index in [4.69, 9.17) is 5.73 Å². The topological polar surface area (TPSA) is 58.4 Å². The number of nitrogens with one attached hydrogen (secondary N) is 1. The van der Waals surface area contributed by atoms with Crippen LogP contribution >= 0.6 is 0 Å². The normalized spacial score (nSPS) is 20.9. The van der Waals surface area contributed by atoms with Crippen LogP contribution in [0.25, 0.3) is 0 Å². The largest absolute Gasteiger partial charge is 0.352 e. The Hall–Kier alpha value is -1.39. The number of amides is 1. The maximum atomic E-state index is 12.1. The number of hydrogen-bond acceptors (Lipinski definition) is 3. The second kappa shape index (κ2) is 9.04. The molecule has 3 N–H and O–H groups in total. The number of benzene rings is 1. The summed E-state index contributed by atoms with van der Waals surface area (Å²) < 4.78 is 0. The third-order valence-electron chi connectivity index (χ3n) is 4.95. The molecular weight excluding hydrogens is 286 g/mol. The first-order chi connectivity index (χ1) is 11.1. The lowest BCUT2D eigenvalue weighted by atomic mass is 10.00. The van der Waals surface area contributed by atoms with Crippen LogP contribution in [-0.4, -0.2) is 29.9 Å². The first kappa shape index (κ1) is 18.0. The number of carbonyl (C=O) groups excluding carboxylic acids is 1. The molecule has 2 atom stereocenters. The maximum absolute atomic E-state index is 12.1. The molecule has 128 valence electrons. The van der Waals surface area contributed by atoms with E-state index in [-0.39, 0.29) is 11.9 Å². The van der Waals surface area contributed by atoms with E-state index in [2.05, 4.69) is 48.3 Å². The van der Waals surface area contributed by atoms with E-state index in [1.165, 1.54) is 11.1 Å². The molecule has 1 amide bonds. The van der Waals surface area contributed by atoms with Gasteiger partial charge in [0.2, 0.25) is 5.91 Å². The fraction of sp³-hybridized carbons (Fsp3) is 0.632. The highest BCUT2D eigenvalue weighted by Gasteiger charge is 2.25. The average Bonchev–Trinajstić information content (AvgIpc) is 2.96. The zero-order valence-corrected chi connectivity index (χ0v) is 14.6. The van der Waals surface area contributed by atoms with Crippen molar-refractivity contribution in [1.29, 1.82) is 0 Å². The number of carbonyl (C=O) groups is 1. The second-order valence-corrected chi connectivity index (χ2v) is 6.62. The predicted octanol–water partition coefficient (Wildman–Crippen LogP) is 2.66. The van der Waals surface area contributed by atoms with Crippen LogP contribution in [0, 0.1) is 5.92 Å². The van der Waals surface area contributed by atoms with Crippen LogP contribution in [0.5, 0.6) is 0 Å². The van der Waals surface area contributed by atoms with Gasteiger partial charge in [-0.3, -0.25) is 9.69 Å². The minimum Gasteiger partial charge on any atom is -0.352 e. The van der Waals surface area contributed by atoms with Gasteiger partial charge in [0.05, 0.1) is 0 Å². The molecule has 0 aromatic heterocycles. The van der Waals surface area contributed by atoms with Crippen LogP contribution < -0.4 is 11.1 Å². The molecule has 1 saturated carbocycles. The molecule has 0 bridgehead atoms. The molecule has 0 saturated heterocycles. The van der Waals surface area contributed by atoms with E-state index in [9.17, 15) is 4.79 Å². The van der Waals surface area contributed by atoms with Crippen molar-refractivity contribution in [3.8, 4) is 0 Å². The van der Waals surface area contributed by atoms with Crippen molar-refractivity contribution in [3.63, 3.8) is 0 Å². The van der Waals surface area contributed by atoms with Crippen LogP contribution in [0.15, 0.2) is 24.3 Å². The third kappa shape index (κ3) is 5.63. The molecule has 4 heteroatoms. The van der Waals surface area contributed by atoms with Gasteiger partial charge in [0.15, 0.2) is 0 Å². The van der Waals surface area contributed by atoms with Gasteiger partial charge >= 0.3 is 0 Å². The summed E-state index contributed by atoms with van der Waals surface area (Å²) in [5.41, 5.74) is 8.51. The fourth-order valence-corrected chi connectivity index (χ4v) is 3.37. The van der Waals surface area contributed by atoms with E-state index in [0.29, 0.717) is 18.9 Å². The highest BCUT2D eigenvalue weighted by molar-refractivity contribution is 5.76. The van der Waals surface area contributed by atoms with Gasteiger partial charge in [-0.05, 0) is 43.0 Å².